The lowest BCUT2D eigenvalue weighted by molar-refractivity contribution is -0.137. The van der Waals surface area contributed by atoms with Crippen molar-refractivity contribution in [1.82, 2.24) is 9.97 Å². The van der Waals surface area contributed by atoms with Gasteiger partial charge in [-0.2, -0.15) is 0 Å². The molecule has 6 nitrogen and oxygen atoms in total. The first-order chi connectivity index (χ1) is 9.10. The normalized spacial score (nSPS) is 10.6. The summed E-state index contributed by atoms with van der Waals surface area (Å²) < 4.78 is 5.08. The first-order valence-electron chi connectivity index (χ1n) is 5.89. The number of carbonyl (C=O) groups is 1. The molecule has 0 aliphatic rings. The second-order valence-electron chi connectivity index (χ2n) is 4.14. The van der Waals surface area contributed by atoms with Gasteiger partial charge in [0, 0.05) is 18.9 Å². The van der Waals surface area contributed by atoms with E-state index in [9.17, 15) is 9.59 Å². The number of aryl methyl sites for hydroxylation is 1. The molecule has 0 aliphatic heterocycles. The molecule has 1 aromatic heterocycles. The average molecular weight is 262 g/mol. The van der Waals surface area contributed by atoms with Gasteiger partial charge in [0.05, 0.1) is 18.0 Å². The summed E-state index contributed by atoms with van der Waals surface area (Å²) in [4.78, 5) is 29.3. The largest absolute Gasteiger partial charge is 0.497 e. The molecule has 0 saturated carbocycles. The molecule has 0 spiro atoms. The van der Waals surface area contributed by atoms with E-state index in [1.54, 1.807) is 25.3 Å². The van der Waals surface area contributed by atoms with E-state index in [2.05, 4.69) is 9.97 Å². The summed E-state index contributed by atoms with van der Waals surface area (Å²) in [6, 6.07) is 5.04. The third kappa shape index (κ3) is 3.09. The Kier molecular flexibility index (Phi) is 3.79. The molecule has 2 rings (SSSR count). The predicted octanol–water partition coefficient (Wildman–Crippen LogP) is 1.34. The molecule has 1 heterocycles. The summed E-state index contributed by atoms with van der Waals surface area (Å²) in [6.07, 6.45) is 0.919. The topological polar surface area (TPSA) is 92.3 Å². The van der Waals surface area contributed by atoms with Crippen molar-refractivity contribution in [1.29, 1.82) is 0 Å². The van der Waals surface area contributed by atoms with Crippen LogP contribution in [0.3, 0.4) is 0 Å². The number of nitrogens with zero attached hydrogens (tertiary/aromatic N) is 1. The number of aromatic nitrogens is 2. The van der Waals surface area contributed by atoms with Crippen LogP contribution >= 0.6 is 0 Å². The van der Waals surface area contributed by atoms with Crippen molar-refractivity contribution in [2.45, 2.75) is 19.3 Å². The zero-order valence-electron chi connectivity index (χ0n) is 10.5. The van der Waals surface area contributed by atoms with Gasteiger partial charge in [-0.3, -0.25) is 9.59 Å². The monoisotopic (exact) mass is 262 g/mol. The molecule has 0 aliphatic carbocycles. The van der Waals surface area contributed by atoms with Crippen molar-refractivity contribution in [2.75, 3.05) is 7.11 Å². The number of carboxylic acids is 1. The highest BCUT2D eigenvalue weighted by atomic mass is 16.5. The SMILES string of the molecule is COc1ccc2c(=O)[nH]c(CCCC(=O)O)nc2c1. The second-order valence-corrected chi connectivity index (χ2v) is 4.14. The Morgan fingerprint density at radius 2 is 2.26 bits per heavy atom. The standard InChI is InChI=1S/C13H14N2O4/c1-19-8-5-6-9-10(7-8)14-11(15-13(9)18)3-2-4-12(16)17/h5-7H,2-4H2,1H3,(H,16,17)(H,14,15,18). The van der Waals surface area contributed by atoms with Crippen LogP contribution < -0.4 is 10.3 Å². The highest BCUT2D eigenvalue weighted by Gasteiger charge is 2.06. The van der Waals surface area contributed by atoms with Crippen LogP contribution in [0, 0.1) is 0 Å². The summed E-state index contributed by atoms with van der Waals surface area (Å²) in [6.45, 7) is 0. The number of aliphatic carboxylic acids is 1. The van der Waals surface area contributed by atoms with Crippen molar-refractivity contribution in [3.05, 3.63) is 34.4 Å². The minimum absolute atomic E-state index is 0.0554. The number of hydrogen-bond donors (Lipinski definition) is 2. The highest BCUT2D eigenvalue weighted by molar-refractivity contribution is 5.79. The minimum atomic E-state index is -0.857. The van der Waals surface area contributed by atoms with Crippen molar-refractivity contribution >= 4 is 16.9 Å². The number of fused-ring (bicyclic) bond motifs is 1. The van der Waals surface area contributed by atoms with Crippen LogP contribution in [0.25, 0.3) is 10.9 Å². The number of rotatable bonds is 5. The predicted molar refractivity (Wildman–Crippen MR) is 69.5 cm³/mol. The van der Waals surface area contributed by atoms with Gasteiger partial charge in [-0.25, -0.2) is 4.98 Å². The van der Waals surface area contributed by atoms with E-state index in [1.165, 1.54) is 0 Å². The molecule has 0 amide bonds. The molecular formula is C13H14N2O4. The summed E-state index contributed by atoms with van der Waals surface area (Å²) >= 11 is 0. The molecule has 100 valence electrons. The number of carboxylic acid groups (broad SMARTS) is 1. The molecule has 6 heteroatoms. The van der Waals surface area contributed by atoms with Gasteiger partial charge in [0.1, 0.15) is 11.6 Å². The molecule has 2 aromatic rings. The molecule has 19 heavy (non-hydrogen) atoms. The Morgan fingerprint density at radius 1 is 1.47 bits per heavy atom. The van der Waals surface area contributed by atoms with Crippen LogP contribution in [0.1, 0.15) is 18.7 Å². The van der Waals surface area contributed by atoms with Gasteiger partial charge < -0.3 is 14.8 Å². The fourth-order valence-electron chi connectivity index (χ4n) is 1.82. The quantitative estimate of drug-likeness (QED) is 0.848. The first kappa shape index (κ1) is 13.1. The molecular weight excluding hydrogens is 248 g/mol. The van der Waals surface area contributed by atoms with Gasteiger partial charge in [-0.1, -0.05) is 0 Å². The van der Waals surface area contributed by atoms with Crippen LogP contribution in [0.15, 0.2) is 23.0 Å². The maximum Gasteiger partial charge on any atom is 0.303 e. The lowest BCUT2D eigenvalue weighted by Gasteiger charge is -2.04. The Morgan fingerprint density at radius 3 is 2.95 bits per heavy atom. The molecule has 0 bridgehead atoms. The van der Waals surface area contributed by atoms with Gasteiger partial charge in [0.15, 0.2) is 0 Å². The Labute approximate surface area is 109 Å². The zero-order valence-corrected chi connectivity index (χ0v) is 10.5. The number of benzene rings is 1. The maximum atomic E-state index is 11.8. The van der Waals surface area contributed by atoms with Crippen LogP contribution in [-0.4, -0.2) is 28.2 Å². The van der Waals surface area contributed by atoms with E-state index in [1.807, 2.05) is 0 Å². The van der Waals surface area contributed by atoms with E-state index in [-0.39, 0.29) is 12.0 Å². The second kappa shape index (κ2) is 5.51. The zero-order chi connectivity index (χ0) is 13.8. The lowest BCUT2D eigenvalue weighted by atomic mass is 10.2. The molecule has 2 N–H and O–H groups in total. The lowest BCUT2D eigenvalue weighted by Crippen LogP contribution is -2.12. The van der Waals surface area contributed by atoms with Gasteiger partial charge >= 0.3 is 5.97 Å². The third-order valence-corrected chi connectivity index (χ3v) is 2.77. The number of ether oxygens (including phenoxy) is 1. The summed E-state index contributed by atoms with van der Waals surface area (Å²) in [5.74, 6) is 0.263. The van der Waals surface area contributed by atoms with Gasteiger partial charge in [0.25, 0.3) is 5.56 Å². The molecule has 1 aromatic carbocycles. The maximum absolute atomic E-state index is 11.8. The Bertz CT molecular complexity index is 663. The van der Waals surface area contributed by atoms with Crippen LogP contribution in [0.4, 0.5) is 0 Å². The fraction of sp³-hybridized carbons (Fsp3) is 0.308. The summed E-state index contributed by atoms with van der Waals surface area (Å²) in [7, 11) is 1.54. The van der Waals surface area contributed by atoms with Gasteiger partial charge in [0.2, 0.25) is 0 Å². The van der Waals surface area contributed by atoms with Crippen LogP contribution in [-0.2, 0) is 11.2 Å². The first-order valence-corrected chi connectivity index (χ1v) is 5.89. The number of aromatic amines is 1. The molecule has 0 atom stereocenters. The van der Waals surface area contributed by atoms with Crippen LogP contribution in [0.2, 0.25) is 0 Å². The van der Waals surface area contributed by atoms with E-state index >= 15 is 0 Å². The van der Waals surface area contributed by atoms with E-state index in [0.717, 1.165) is 0 Å². The third-order valence-electron chi connectivity index (χ3n) is 2.77. The molecule has 0 fully saturated rings. The van der Waals surface area contributed by atoms with Crippen molar-refractivity contribution in [2.24, 2.45) is 0 Å². The highest BCUT2D eigenvalue weighted by Crippen LogP contribution is 2.16. The van der Waals surface area contributed by atoms with Crippen molar-refractivity contribution in [3.8, 4) is 5.75 Å². The number of nitrogens with one attached hydrogen (secondary N) is 1. The van der Waals surface area contributed by atoms with Crippen LogP contribution in [0.5, 0.6) is 5.75 Å². The summed E-state index contributed by atoms with van der Waals surface area (Å²) in [5.41, 5.74) is 0.325. The number of methoxy groups -OCH3 is 1. The van der Waals surface area contributed by atoms with E-state index < -0.39 is 5.97 Å². The molecule has 0 saturated heterocycles. The average Bonchev–Trinajstić information content (AvgIpc) is 2.37. The van der Waals surface area contributed by atoms with E-state index in [4.69, 9.17) is 9.84 Å². The fourth-order valence-corrected chi connectivity index (χ4v) is 1.82. The Hall–Kier alpha value is -2.37. The van der Waals surface area contributed by atoms with Crippen molar-refractivity contribution < 1.29 is 14.6 Å². The van der Waals surface area contributed by atoms with Gasteiger partial charge in [-0.15, -0.1) is 0 Å². The smallest absolute Gasteiger partial charge is 0.303 e. The minimum Gasteiger partial charge on any atom is -0.497 e. The van der Waals surface area contributed by atoms with E-state index in [0.29, 0.717) is 35.3 Å². The molecule has 0 unspecified atom stereocenters. The number of H-pyrrole nitrogens is 1. The Balaban J connectivity index is 2.31. The van der Waals surface area contributed by atoms with Gasteiger partial charge in [-0.05, 0) is 18.6 Å². The summed E-state index contributed by atoms with van der Waals surface area (Å²) in [5, 5.41) is 9.07. The number of hydrogen-bond acceptors (Lipinski definition) is 4. The van der Waals surface area contributed by atoms with Crippen molar-refractivity contribution in [3.63, 3.8) is 0 Å². The molecule has 0 radical (unpaired) electrons.